The lowest BCUT2D eigenvalue weighted by Crippen LogP contribution is -2.59. The number of terminal acetylenes is 1. The van der Waals surface area contributed by atoms with Crippen LogP contribution in [-0.2, 0) is 17.6 Å². The van der Waals surface area contributed by atoms with Gasteiger partial charge in [-0.25, -0.2) is 9.59 Å². The molecule has 11 nitrogen and oxygen atoms in total. The third-order valence-corrected chi connectivity index (χ3v) is 11.4. The van der Waals surface area contributed by atoms with Crippen molar-refractivity contribution >= 4 is 52.3 Å². The summed E-state index contributed by atoms with van der Waals surface area (Å²) >= 11 is 8.00. The van der Waals surface area contributed by atoms with E-state index in [4.69, 9.17) is 23.8 Å². The Kier molecular flexibility index (Phi) is 10.5. The first-order valence-electron chi connectivity index (χ1n) is 16.6. The molecule has 0 bridgehead atoms. The predicted octanol–water partition coefficient (Wildman–Crippen LogP) is 3.38. The van der Waals surface area contributed by atoms with Crippen LogP contribution in [0.25, 0.3) is 0 Å². The minimum atomic E-state index is -0.796. The zero-order valence-corrected chi connectivity index (χ0v) is 28.6. The van der Waals surface area contributed by atoms with Crippen molar-refractivity contribution < 1.29 is 14.4 Å². The molecule has 4 aliphatic heterocycles. The molecule has 4 aliphatic rings. The van der Waals surface area contributed by atoms with Crippen LogP contribution in [0.2, 0.25) is 5.02 Å². The number of hydrogen-bond donors (Lipinski definition) is 3. The fraction of sp³-hybridized carbons (Fsp3) is 0.559. The van der Waals surface area contributed by atoms with Crippen molar-refractivity contribution in [2.45, 2.75) is 56.7 Å². The van der Waals surface area contributed by atoms with E-state index in [1.165, 1.54) is 5.56 Å². The highest BCUT2D eigenvalue weighted by Crippen LogP contribution is 2.28. The maximum atomic E-state index is 14.1. The third-order valence-electron chi connectivity index (χ3n) is 10.3. The Hall–Kier alpha value is -3.50. The highest BCUT2D eigenvalue weighted by atomic mass is 35.5. The van der Waals surface area contributed by atoms with E-state index in [0.717, 1.165) is 56.7 Å². The third kappa shape index (κ3) is 7.64. The Labute approximate surface area is 286 Å². The van der Waals surface area contributed by atoms with E-state index < -0.39 is 6.04 Å². The Morgan fingerprint density at radius 1 is 1.02 bits per heavy atom. The summed E-state index contributed by atoms with van der Waals surface area (Å²) in [5.74, 6) is 2.46. The molecule has 6 rings (SSSR count). The van der Waals surface area contributed by atoms with Gasteiger partial charge in [-0.2, -0.15) is 0 Å². The number of nitrogens with one attached hydrogen (secondary N) is 2. The topological polar surface area (TPSA) is 117 Å². The van der Waals surface area contributed by atoms with Crippen LogP contribution < -0.4 is 16.4 Å². The lowest BCUT2D eigenvalue weighted by Gasteiger charge is -2.43. The normalized spacial score (nSPS) is 21.0. The van der Waals surface area contributed by atoms with Crippen molar-refractivity contribution in [2.24, 2.45) is 0 Å². The lowest BCUT2D eigenvalue weighted by molar-refractivity contribution is -0.135. The van der Waals surface area contributed by atoms with Crippen molar-refractivity contribution in [3.8, 4) is 12.3 Å². The summed E-state index contributed by atoms with van der Waals surface area (Å²) in [7, 11) is 2.16. The highest BCUT2D eigenvalue weighted by molar-refractivity contribution is 7.08. The van der Waals surface area contributed by atoms with Gasteiger partial charge in [-0.15, -0.1) is 17.8 Å². The van der Waals surface area contributed by atoms with Gasteiger partial charge in [0, 0.05) is 75.3 Å². The lowest BCUT2D eigenvalue weighted by atomic mass is 10.00. The number of nitrogens with two attached hydrogens (primary N) is 1. The Balaban J connectivity index is 1.09. The zero-order valence-electron chi connectivity index (χ0n) is 27.0. The van der Waals surface area contributed by atoms with E-state index in [1.807, 2.05) is 15.2 Å². The number of piperidine rings is 2. The van der Waals surface area contributed by atoms with Crippen LogP contribution >= 0.6 is 22.9 Å². The molecule has 0 radical (unpaired) electrons. The molecule has 1 atom stereocenters. The number of urea groups is 2. The molecular formula is C34H45ClN8O3S. The summed E-state index contributed by atoms with van der Waals surface area (Å²) in [6.45, 7) is 6.70. The van der Waals surface area contributed by atoms with Crippen molar-refractivity contribution in [2.75, 3.05) is 77.0 Å². The molecule has 1 aromatic carbocycles. The van der Waals surface area contributed by atoms with Crippen LogP contribution in [0.1, 0.15) is 42.4 Å². The van der Waals surface area contributed by atoms with E-state index >= 15 is 0 Å². The van der Waals surface area contributed by atoms with E-state index in [9.17, 15) is 14.4 Å². The molecule has 0 spiro atoms. The van der Waals surface area contributed by atoms with Crippen molar-refractivity contribution in [1.29, 1.82) is 0 Å². The number of fused-ring (bicyclic) bond motifs is 1. The second-order valence-electron chi connectivity index (χ2n) is 13.2. The summed E-state index contributed by atoms with van der Waals surface area (Å²) in [5.41, 5.74) is 9.66. The number of piperazine rings is 1. The standard InChI is InChI=1S/C34H45ClN8O3S/c1-3-24-18-23(19-28(35)31(24)36)20-29(32(44)41-16-14-40(15-17-41)26-5-9-39(2)10-6-26)37-33(45)42-11-7-27(8-12-42)43-13-4-25-21-47-22-30(25)38-34(43)46/h1,18-19,21-22,26-27,29H,4-17,20,36H2,2H3,(H,37,45)(H,38,46)/t29-/m1/s1. The summed E-state index contributed by atoms with van der Waals surface area (Å²) in [6, 6.07) is 2.92. The molecule has 2 aromatic rings. The molecule has 0 unspecified atom stereocenters. The molecule has 47 heavy (non-hydrogen) atoms. The summed E-state index contributed by atoms with van der Waals surface area (Å²) in [5, 5.41) is 10.5. The van der Waals surface area contributed by atoms with Gasteiger partial charge < -0.3 is 36.0 Å². The number of likely N-dealkylation sites (tertiary alicyclic amines) is 2. The summed E-state index contributed by atoms with van der Waals surface area (Å²) < 4.78 is 0. The molecule has 5 amide bonds. The number of hydrogen-bond acceptors (Lipinski definition) is 7. The van der Waals surface area contributed by atoms with Crippen molar-refractivity contribution in [1.82, 2.24) is 29.8 Å². The highest BCUT2D eigenvalue weighted by Gasteiger charge is 2.35. The van der Waals surface area contributed by atoms with Gasteiger partial charge >= 0.3 is 12.1 Å². The minimum Gasteiger partial charge on any atom is -0.397 e. The van der Waals surface area contributed by atoms with Crippen LogP contribution in [0.5, 0.6) is 0 Å². The summed E-state index contributed by atoms with van der Waals surface area (Å²) in [6.07, 6.45) is 10.4. The number of nitrogens with zero attached hydrogens (tertiary/aromatic N) is 5. The molecule has 13 heteroatoms. The van der Waals surface area contributed by atoms with Crippen LogP contribution in [0, 0.1) is 12.3 Å². The molecule has 4 N–H and O–H groups in total. The number of carbonyl (C=O) groups is 3. The van der Waals surface area contributed by atoms with Gasteiger partial charge in [0.2, 0.25) is 5.91 Å². The summed E-state index contributed by atoms with van der Waals surface area (Å²) in [4.78, 5) is 51.2. The minimum absolute atomic E-state index is 0.0455. The fourth-order valence-corrected chi connectivity index (χ4v) is 8.43. The second kappa shape index (κ2) is 14.7. The Morgan fingerprint density at radius 3 is 2.43 bits per heavy atom. The van der Waals surface area contributed by atoms with E-state index in [0.29, 0.717) is 67.9 Å². The van der Waals surface area contributed by atoms with E-state index in [1.54, 1.807) is 28.4 Å². The van der Waals surface area contributed by atoms with Crippen LogP contribution in [0.3, 0.4) is 0 Å². The van der Waals surface area contributed by atoms with Gasteiger partial charge in [0.15, 0.2) is 0 Å². The molecule has 252 valence electrons. The van der Waals surface area contributed by atoms with Gasteiger partial charge in [0.1, 0.15) is 6.04 Å². The predicted molar refractivity (Wildman–Crippen MR) is 187 cm³/mol. The number of amides is 5. The molecular weight excluding hydrogens is 636 g/mol. The first-order valence-corrected chi connectivity index (χ1v) is 18.0. The number of thiophene rings is 1. The second-order valence-corrected chi connectivity index (χ2v) is 14.3. The van der Waals surface area contributed by atoms with Crippen LogP contribution in [0.15, 0.2) is 22.9 Å². The van der Waals surface area contributed by atoms with E-state index in [2.05, 4.69) is 38.8 Å². The van der Waals surface area contributed by atoms with E-state index in [-0.39, 0.29) is 30.4 Å². The average Bonchev–Trinajstić information content (AvgIpc) is 3.46. The number of carbonyl (C=O) groups excluding carboxylic acids is 3. The zero-order chi connectivity index (χ0) is 33.1. The first-order chi connectivity index (χ1) is 22.7. The monoisotopic (exact) mass is 680 g/mol. The van der Waals surface area contributed by atoms with Crippen molar-refractivity contribution in [3.05, 3.63) is 44.6 Å². The number of benzene rings is 1. The maximum absolute atomic E-state index is 14.1. The molecule has 3 saturated heterocycles. The fourth-order valence-electron chi connectivity index (χ4n) is 7.36. The van der Waals surface area contributed by atoms with Gasteiger partial charge in [-0.05, 0) is 80.9 Å². The number of rotatable bonds is 6. The van der Waals surface area contributed by atoms with Crippen LogP contribution in [-0.4, -0.2) is 127 Å². The molecule has 1 aromatic heterocycles. The number of anilines is 2. The molecule has 5 heterocycles. The number of nitrogen functional groups attached to an aromatic ring is 1. The smallest absolute Gasteiger partial charge is 0.322 e. The van der Waals surface area contributed by atoms with Crippen molar-refractivity contribution in [3.63, 3.8) is 0 Å². The maximum Gasteiger partial charge on any atom is 0.322 e. The largest absolute Gasteiger partial charge is 0.397 e. The van der Waals surface area contributed by atoms with Gasteiger partial charge in [-0.3, -0.25) is 9.69 Å². The average molecular weight is 681 g/mol. The molecule has 0 aliphatic carbocycles. The molecule has 0 saturated carbocycles. The van der Waals surface area contributed by atoms with Gasteiger partial charge in [0.05, 0.1) is 16.4 Å². The first kappa shape index (κ1) is 33.4. The quantitative estimate of drug-likeness (QED) is 0.318. The number of halogens is 1. The van der Waals surface area contributed by atoms with Crippen LogP contribution in [0.4, 0.5) is 21.0 Å². The van der Waals surface area contributed by atoms with Gasteiger partial charge in [0.25, 0.3) is 0 Å². The SMILES string of the molecule is C#Cc1cc(C[C@@H](NC(=O)N2CCC(N3CCc4cscc4NC3=O)CC2)C(=O)N2CCN(C3CCN(C)CC3)CC2)cc(Cl)c1N. The van der Waals surface area contributed by atoms with Gasteiger partial charge in [-0.1, -0.05) is 17.5 Å². The Morgan fingerprint density at radius 2 is 1.72 bits per heavy atom. The Bertz CT molecular complexity index is 1500. The molecule has 3 fully saturated rings.